The first-order valence-corrected chi connectivity index (χ1v) is 8.13. The van der Waals surface area contributed by atoms with E-state index in [0.717, 1.165) is 12.1 Å². The molecule has 0 unspecified atom stereocenters. The van der Waals surface area contributed by atoms with E-state index in [9.17, 15) is 18.0 Å². The molecule has 0 spiro atoms. The fraction of sp³-hybridized carbons (Fsp3) is 0.188. The molecule has 0 bridgehead atoms. The summed E-state index contributed by atoms with van der Waals surface area (Å²) < 4.78 is 37.9. The average Bonchev–Trinajstić information content (AvgIpc) is 3.04. The van der Waals surface area contributed by atoms with Crippen molar-refractivity contribution in [2.75, 3.05) is 11.6 Å². The van der Waals surface area contributed by atoms with Gasteiger partial charge in [-0.1, -0.05) is 12.1 Å². The number of nitrogens with zero attached hydrogens (tertiary/aromatic N) is 4. The number of hydrogen-bond donors (Lipinski definition) is 0. The van der Waals surface area contributed by atoms with Crippen LogP contribution in [0.1, 0.15) is 12.5 Å². The number of rotatable bonds is 3. The van der Waals surface area contributed by atoms with Crippen LogP contribution in [-0.4, -0.2) is 28.8 Å². The standard InChI is InChI=1S/C16H13F3N4OS/c1-11(24)23(22-8-2-7-20-10-22)15-21-14(9-25-15)12-3-5-13(6-4-12)16(17,18)19/h2-7,9-10H,8H2,1H3. The van der Waals surface area contributed by atoms with Crippen LogP contribution in [0.4, 0.5) is 18.3 Å². The Kier molecular flexibility index (Phi) is 4.58. The molecule has 0 aliphatic carbocycles. The zero-order valence-corrected chi connectivity index (χ0v) is 13.9. The minimum absolute atomic E-state index is 0.241. The number of aromatic nitrogens is 1. The van der Waals surface area contributed by atoms with Crippen molar-refractivity contribution in [2.45, 2.75) is 13.1 Å². The molecule has 0 fully saturated rings. The Bertz CT molecular complexity index is 827. The van der Waals surface area contributed by atoms with Crippen molar-refractivity contribution in [1.29, 1.82) is 0 Å². The number of thiazole rings is 1. The highest BCUT2D eigenvalue weighted by atomic mass is 32.1. The second-order valence-electron chi connectivity index (χ2n) is 5.19. The summed E-state index contributed by atoms with van der Waals surface area (Å²) >= 11 is 1.23. The number of alkyl halides is 3. The third kappa shape index (κ3) is 3.71. The summed E-state index contributed by atoms with van der Waals surface area (Å²) in [5, 5.41) is 5.11. The number of amides is 1. The second-order valence-corrected chi connectivity index (χ2v) is 6.03. The lowest BCUT2D eigenvalue weighted by Crippen LogP contribution is -2.45. The molecule has 0 saturated carbocycles. The van der Waals surface area contributed by atoms with Gasteiger partial charge in [-0.25, -0.2) is 9.98 Å². The van der Waals surface area contributed by atoms with E-state index < -0.39 is 11.7 Å². The third-order valence-electron chi connectivity index (χ3n) is 3.42. The number of hydrazine groups is 1. The fourth-order valence-corrected chi connectivity index (χ4v) is 3.15. The minimum atomic E-state index is -4.38. The van der Waals surface area contributed by atoms with E-state index in [4.69, 9.17) is 0 Å². The molecule has 130 valence electrons. The number of carbonyl (C=O) groups excluding carboxylic acids is 1. The minimum Gasteiger partial charge on any atom is -0.273 e. The lowest BCUT2D eigenvalue weighted by Gasteiger charge is -2.30. The van der Waals surface area contributed by atoms with E-state index >= 15 is 0 Å². The lowest BCUT2D eigenvalue weighted by atomic mass is 10.1. The van der Waals surface area contributed by atoms with E-state index in [1.807, 2.05) is 0 Å². The summed E-state index contributed by atoms with van der Waals surface area (Å²) in [6, 6.07) is 4.76. The molecule has 1 aromatic carbocycles. The highest BCUT2D eigenvalue weighted by Gasteiger charge is 2.30. The number of hydrogen-bond acceptors (Lipinski definition) is 5. The Hall–Kier alpha value is -2.68. The number of anilines is 1. The third-order valence-corrected chi connectivity index (χ3v) is 4.24. The smallest absolute Gasteiger partial charge is 0.273 e. The van der Waals surface area contributed by atoms with E-state index in [0.29, 0.717) is 22.9 Å². The summed E-state index contributed by atoms with van der Waals surface area (Å²) in [6.45, 7) is 1.88. The number of benzene rings is 1. The first kappa shape index (κ1) is 17.2. The Morgan fingerprint density at radius 1 is 1.28 bits per heavy atom. The van der Waals surface area contributed by atoms with Crippen LogP contribution in [-0.2, 0) is 11.0 Å². The highest BCUT2D eigenvalue weighted by molar-refractivity contribution is 7.14. The molecule has 5 nitrogen and oxygen atoms in total. The maximum atomic E-state index is 12.6. The van der Waals surface area contributed by atoms with Crippen molar-refractivity contribution in [3.8, 4) is 11.3 Å². The molecule has 0 N–H and O–H groups in total. The molecule has 2 aromatic rings. The molecule has 1 aliphatic heterocycles. The molecule has 0 saturated heterocycles. The predicted molar refractivity (Wildman–Crippen MR) is 90.1 cm³/mol. The van der Waals surface area contributed by atoms with Crippen LogP contribution in [0.25, 0.3) is 11.3 Å². The van der Waals surface area contributed by atoms with Gasteiger partial charge in [-0.05, 0) is 18.2 Å². The first-order valence-electron chi connectivity index (χ1n) is 7.25. The Morgan fingerprint density at radius 2 is 2.00 bits per heavy atom. The topological polar surface area (TPSA) is 48.8 Å². The zero-order chi connectivity index (χ0) is 18.0. The first-order chi connectivity index (χ1) is 11.9. The lowest BCUT2D eigenvalue weighted by molar-refractivity contribution is -0.137. The predicted octanol–water partition coefficient (Wildman–Crippen LogP) is 3.95. The summed E-state index contributed by atoms with van der Waals surface area (Å²) in [6.07, 6.45) is 0.559. The summed E-state index contributed by atoms with van der Waals surface area (Å²) in [4.78, 5) is 20.4. The molecule has 3 rings (SSSR count). The molecule has 1 aliphatic rings. The van der Waals surface area contributed by atoms with Crippen LogP contribution >= 0.6 is 11.3 Å². The van der Waals surface area contributed by atoms with Gasteiger partial charge in [0.05, 0.1) is 17.8 Å². The SMILES string of the molecule is CC(=O)N(c1nc(-c2ccc(C(F)(F)F)cc2)cs1)N1C=NC=CC1. The zero-order valence-electron chi connectivity index (χ0n) is 13.1. The van der Waals surface area contributed by atoms with Crippen molar-refractivity contribution in [1.82, 2.24) is 9.99 Å². The van der Waals surface area contributed by atoms with Gasteiger partial charge in [0.25, 0.3) is 0 Å². The quantitative estimate of drug-likeness (QED) is 0.826. The van der Waals surface area contributed by atoms with Crippen molar-refractivity contribution < 1.29 is 18.0 Å². The van der Waals surface area contributed by atoms with Gasteiger partial charge in [-0.2, -0.15) is 18.2 Å². The van der Waals surface area contributed by atoms with Gasteiger partial charge in [0, 0.05) is 24.1 Å². The molecule has 1 amide bonds. The van der Waals surface area contributed by atoms with Crippen LogP contribution in [0.3, 0.4) is 0 Å². The fourth-order valence-electron chi connectivity index (χ4n) is 2.26. The van der Waals surface area contributed by atoms with E-state index in [1.165, 1.54) is 41.7 Å². The summed E-state index contributed by atoms with van der Waals surface area (Å²) in [5.74, 6) is -0.241. The average molecular weight is 366 g/mol. The van der Waals surface area contributed by atoms with Gasteiger partial charge in [0.1, 0.15) is 6.34 Å². The van der Waals surface area contributed by atoms with Gasteiger partial charge < -0.3 is 0 Å². The monoisotopic (exact) mass is 366 g/mol. The molecular formula is C16H13F3N4OS. The Balaban J connectivity index is 1.87. The van der Waals surface area contributed by atoms with Crippen LogP contribution in [0.2, 0.25) is 0 Å². The molecule has 9 heteroatoms. The Labute approximate surface area is 145 Å². The largest absolute Gasteiger partial charge is 0.416 e. The van der Waals surface area contributed by atoms with Crippen molar-refractivity contribution in [3.05, 3.63) is 47.5 Å². The second kappa shape index (κ2) is 6.67. The van der Waals surface area contributed by atoms with Gasteiger partial charge >= 0.3 is 6.18 Å². The molecular weight excluding hydrogens is 353 g/mol. The molecule has 25 heavy (non-hydrogen) atoms. The van der Waals surface area contributed by atoms with Gasteiger partial charge in [0.2, 0.25) is 11.0 Å². The van der Waals surface area contributed by atoms with Crippen LogP contribution in [0.5, 0.6) is 0 Å². The Morgan fingerprint density at radius 3 is 2.56 bits per heavy atom. The molecule has 2 heterocycles. The van der Waals surface area contributed by atoms with E-state index in [2.05, 4.69) is 9.98 Å². The molecule has 1 aromatic heterocycles. The molecule has 0 radical (unpaired) electrons. The van der Waals surface area contributed by atoms with Crippen LogP contribution in [0.15, 0.2) is 46.9 Å². The molecule has 0 atom stereocenters. The summed E-state index contributed by atoms with van der Waals surface area (Å²) in [5.41, 5.74) is 0.337. The van der Waals surface area contributed by atoms with Crippen molar-refractivity contribution >= 4 is 28.7 Å². The van der Waals surface area contributed by atoms with Gasteiger partial charge in [-0.15, -0.1) is 11.3 Å². The number of carbonyl (C=O) groups is 1. The summed E-state index contributed by atoms with van der Waals surface area (Å²) in [7, 11) is 0. The normalized spacial score (nSPS) is 14.0. The van der Waals surface area contributed by atoms with Gasteiger partial charge in [-0.3, -0.25) is 9.80 Å². The van der Waals surface area contributed by atoms with E-state index in [1.54, 1.807) is 22.7 Å². The van der Waals surface area contributed by atoms with Gasteiger partial charge in [0.15, 0.2) is 0 Å². The number of halogens is 3. The van der Waals surface area contributed by atoms with Crippen LogP contribution in [0, 0.1) is 0 Å². The van der Waals surface area contributed by atoms with Crippen molar-refractivity contribution in [3.63, 3.8) is 0 Å². The maximum Gasteiger partial charge on any atom is 0.416 e. The maximum absolute atomic E-state index is 12.6. The van der Waals surface area contributed by atoms with E-state index in [-0.39, 0.29) is 5.91 Å². The van der Waals surface area contributed by atoms with Crippen LogP contribution < -0.4 is 5.01 Å². The van der Waals surface area contributed by atoms with Crippen molar-refractivity contribution in [2.24, 2.45) is 4.99 Å². The highest BCUT2D eigenvalue weighted by Crippen LogP contribution is 2.32. The number of aliphatic imine (C=N–C) groups is 1.